The van der Waals surface area contributed by atoms with Gasteiger partial charge in [0.05, 0.1) is 25.2 Å². The van der Waals surface area contributed by atoms with Crippen LogP contribution in [0.15, 0.2) is 42.5 Å². The third-order valence-corrected chi connectivity index (χ3v) is 3.90. The molecular formula is C17H17N5O4. The van der Waals surface area contributed by atoms with Gasteiger partial charge in [-0.2, -0.15) is 5.10 Å². The Kier molecular flexibility index (Phi) is 4.81. The number of nitrogens with two attached hydrogens (primary N) is 1. The average Bonchev–Trinajstić information content (AvgIpc) is 3.17. The van der Waals surface area contributed by atoms with Crippen molar-refractivity contribution < 1.29 is 14.4 Å². The molecule has 1 aromatic heterocycles. The fourth-order valence-electron chi connectivity index (χ4n) is 2.48. The van der Waals surface area contributed by atoms with E-state index in [4.69, 9.17) is 15.2 Å². The minimum Gasteiger partial charge on any atom is -0.493 e. The molecule has 9 nitrogen and oxygen atoms in total. The Labute approximate surface area is 148 Å². The molecule has 3 aromatic rings. The van der Waals surface area contributed by atoms with Crippen molar-refractivity contribution in [2.24, 2.45) is 5.73 Å². The molecule has 0 saturated carbocycles. The molecule has 0 radical (unpaired) electrons. The quantitative estimate of drug-likeness (QED) is 0.513. The normalized spacial score (nSPS) is 11.8. The summed E-state index contributed by atoms with van der Waals surface area (Å²) in [7, 11) is 3.11. The van der Waals surface area contributed by atoms with Gasteiger partial charge in [0.1, 0.15) is 5.82 Å². The standard InChI is InChI=1S/C17H17N5O4/c1-25-13-8-5-11(9-14(13)26-2)15(18)17-19-16(20-21-17)10-3-6-12(7-4-10)22(23)24/h3-9,15H,18H2,1-2H3,(H,19,20,21). The molecule has 0 bridgehead atoms. The van der Waals surface area contributed by atoms with Gasteiger partial charge in [0, 0.05) is 17.7 Å². The first kappa shape index (κ1) is 17.4. The van der Waals surface area contributed by atoms with Crippen molar-refractivity contribution in [1.29, 1.82) is 0 Å². The van der Waals surface area contributed by atoms with Crippen LogP contribution in [0, 0.1) is 10.1 Å². The first-order valence-corrected chi connectivity index (χ1v) is 7.68. The number of nitrogens with one attached hydrogen (secondary N) is 1. The van der Waals surface area contributed by atoms with Crippen LogP contribution in [-0.4, -0.2) is 34.3 Å². The van der Waals surface area contributed by atoms with Crippen LogP contribution in [-0.2, 0) is 0 Å². The molecule has 0 spiro atoms. The number of ether oxygens (including phenoxy) is 2. The van der Waals surface area contributed by atoms with Crippen molar-refractivity contribution in [2.75, 3.05) is 14.2 Å². The highest BCUT2D eigenvalue weighted by Gasteiger charge is 2.17. The second kappa shape index (κ2) is 7.19. The van der Waals surface area contributed by atoms with Gasteiger partial charge in [-0.3, -0.25) is 15.2 Å². The average molecular weight is 355 g/mol. The third kappa shape index (κ3) is 3.33. The van der Waals surface area contributed by atoms with Crippen molar-refractivity contribution in [3.63, 3.8) is 0 Å². The Morgan fingerprint density at radius 1 is 1.12 bits per heavy atom. The lowest BCUT2D eigenvalue weighted by molar-refractivity contribution is -0.384. The lowest BCUT2D eigenvalue weighted by atomic mass is 10.1. The van der Waals surface area contributed by atoms with Gasteiger partial charge >= 0.3 is 0 Å². The number of benzene rings is 2. The van der Waals surface area contributed by atoms with E-state index in [1.165, 1.54) is 12.1 Å². The van der Waals surface area contributed by atoms with Gasteiger partial charge in [-0.25, -0.2) is 4.98 Å². The molecule has 0 aliphatic heterocycles. The van der Waals surface area contributed by atoms with Crippen LogP contribution >= 0.6 is 0 Å². The van der Waals surface area contributed by atoms with E-state index in [0.29, 0.717) is 28.7 Å². The van der Waals surface area contributed by atoms with E-state index in [-0.39, 0.29) is 5.69 Å². The van der Waals surface area contributed by atoms with E-state index < -0.39 is 11.0 Å². The van der Waals surface area contributed by atoms with Gasteiger partial charge in [-0.1, -0.05) is 6.07 Å². The zero-order valence-electron chi connectivity index (χ0n) is 14.2. The van der Waals surface area contributed by atoms with E-state index >= 15 is 0 Å². The minimum atomic E-state index is -0.547. The molecule has 26 heavy (non-hydrogen) atoms. The van der Waals surface area contributed by atoms with E-state index in [9.17, 15) is 10.1 Å². The summed E-state index contributed by atoms with van der Waals surface area (Å²) in [5.74, 6) is 2.04. The molecule has 134 valence electrons. The molecule has 3 rings (SSSR count). The highest BCUT2D eigenvalue weighted by atomic mass is 16.6. The van der Waals surface area contributed by atoms with Crippen molar-refractivity contribution in [3.8, 4) is 22.9 Å². The number of nitro groups is 1. The predicted molar refractivity (Wildman–Crippen MR) is 94.0 cm³/mol. The first-order chi connectivity index (χ1) is 12.5. The Morgan fingerprint density at radius 2 is 1.81 bits per heavy atom. The second-order valence-corrected chi connectivity index (χ2v) is 5.44. The Morgan fingerprint density at radius 3 is 2.42 bits per heavy atom. The number of H-pyrrole nitrogens is 1. The Hall–Kier alpha value is -3.46. The monoisotopic (exact) mass is 355 g/mol. The molecule has 3 N–H and O–H groups in total. The zero-order valence-corrected chi connectivity index (χ0v) is 14.2. The van der Waals surface area contributed by atoms with Gasteiger partial charge in [-0.05, 0) is 29.8 Å². The molecule has 0 amide bonds. The summed E-state index contributed by atoms with van der Waals surface area (Å²) in [6.45, 7) is 0. The number of aromatic nitrogens is 3. The van der Waals surface area contributed by atoms with E-state index in [1.54, 1.807) is 38.5 Å². The molecule has 0 saturated heterocycles. The molecular weight excluding hydrogens is 338 g/mol. The number of non-ortho nitro benzene ring substituents is 1. The van der Waals surface area contributed by atoms with Crippen LogP contribution in [0.3, 0.4) is 0 Å². The van der Waals surface area contributed by atoms with Crippen molar-refractivity contribution >= 4 is 5.69 Å². The van der Waals surface area contributed by atoms with Gasteiger partial charge in [0.15, 0.2) is 17.3 Å². The molecule has 9 heteroatoms. The molecule has 1 atom stereocenters. The van der Waals surface area contributed by atoms with E-state index in [2.05, 4.69) is 15.2 Å². The van der Waals surface area contributed by atoms with Gasteiger partial charge in [0.25, 0.3) is 5.69 Å². The smallest absolute Gasteiger partial charge is 0.269 e. The number of aromatic amines is 1. The third-order valence-electron chi connectivity index (χ3n) is 3.90. The van der Waals surface area contributed by atoms with E-state index in [1.807, 2.05) is 6.07 Å². The summed E-state index contributed by atoms with van der Waals surface area (Å²) >= 11 is 0. The maximum atomic E-state index is 10.7. The zero-order chi connectivity index (χ0) is 18.7. The van der Waals surface area contributed by atoms with Crippen LogP contribution in [0.1, 0.15) is 17.4 Å². The largest absolute Gasteiger partial charge is 0.493 e. The number of hydrogen-bond acceptors (Lipinski definition) is 7. The van der Waals surface area contributed by atoms with Gasteiger partial charge < -0.3 is 15.2 Å². The summed E-state index contributed by atoms with van der Waals surface area (Å²) < 4.78 is 10.5. The number of nitrogens with zero attached hydrogens (tertiary/aromatic N) is 3. The van der Waals surface area contributed by atoms with Crippen LogP contribution in [0.5, 0.6) is 11.5 Å². The fourth-order valence-corrected chi connectivity index (χ4v) is 2.48. The summed E-state index contributed by atoms with van der Waals surface area (Å²) in [6, 6.07) is 10.8. The van der Waals surface area contributed by atoms with Gasteiger partial charge in [-0.15, -0.1) is 0 Å². The molecule has 0 aliphatic rings. The van der Waals surface area contributed by atoms with Gasteiger partial charge in [0.2, 0.25) is 0 Å². The Bertz CT molecular complexity index is 923. The summed E-state index contributed by atoms with van der Waals surface area (Å²) in [5.41, 5.74) is 7.70. The molecule has 1 heterocycles. The molecule has 0 fully saturated rings. The van der Waals surface area contributed by atoms with Crippen molar-refractivity contribution in [2.45, 2.75) is 6.04 Å². The second-order valence-electron chi connectivity index (χ2n) is 5.44. The minimum absolute atomic E-state index is 0.00605. The maximum Gasteiger partial charge on any atom is 0.269 e. The lowest BCUT2D eigenvalue weighted by Crippen LogP contribution is -2.14. The summed E-state index contributed by atoms with van der Waals surface area (Å²) in [6.07, 6.45) is 0. The van der Waals surface area contributed by atoms with Crippen LogP contribution < -0.4 is 15.2 Å². The number of hydrogen-bond donors (Lipinski definition) is 2. The van der Waals surface area contributed by atoms with Crippen LogP contribution in [0.25, 0.3) is 11.4 Å². The molecule has 1 unspecified atom stereocenters. The summed E-state index contributed by atoms with van der Waals surface area (Å²) in [5, 5.41) is 17.7. The number of nitro benzene ring substituents is 1. The predicted octanol–water partition coefficient (Wildman–Crippen LogP) is 2.45. The number of methoxy groups -OCH3 is 2. The molecule has 2 aromatic carbocycles. The van der Waals surface area contributed by atoms with Crippen LogP contribution in [0.2, 0.25) is 0 Å². The lowest BCUT2D eigenvalue weighted by Gasteiger charge is -2.13. The highest BCUT2D eigenvalue weighted by molar-refractivity contribution is 5.57. The Balaban J connectivity index is 1.86. The van der Waals surface area contributed by atoms with Crippen LogP contribution in [0.4, 0.5) is 5.69 Å². The highest BCUT2D eigenvalue weighted by Crippen LogP contribution is 2.31. The first-order valence-electron chi connectivity index (χ1n) is 7.68. The van der Waals surface area contributed by atoms with Crippen molar-refractivity contribution in [1.82, 2.24) is 15.2 Å². The summed E-state index contributed by atoms with van der Waals surface area (Å²) in [4.78, 5) is 14.7. The SMILES string of the molecule is COc1ccc(C(N)c2nc(-c3ccc([N+](=O)[O-])cc3)n[nH]2)cc1OC. The fraction of sp³-hybridized carbons (Fsp3) is 0.176. The topological polar surface area (TPSA) is 129 Å². The molecule has 0 aliphatic carbocycles. The number of rotatable bonds is 6. The van der Waals surface area contributed by atoms with Crippen molar-refractivity contribution in [3.05, 3.63) is 64.0 Å². The maximum absolute atomic E-state index is 10.7. The van der Waals surface area contributed by atoms with E-state index in [0.717, 1.165) is 5.56 Å².